The minimum atomic E-state index is -3.96. The SMILES string of the molecule is NCCc1ccc(C(=O)NS(=O)(=O)c2cnc(Cl)s2)cc1. The molecule has 0 radical (unpaired) electrons. The van der Waals surface area contributed by atoms with Crippen LogP contribution in [-0.2, 0) is 16.4 Å². The van der Waals surface area contributed by atoms with Gasteiger partial charge in [-0.15, -0.1) is 0 Å². The molecule has 1 amide bonds. The van der Waals surface area contributed by atoms with Crippen LogP contribution in [0.5, 0.6) is 0 Å². The second kappa shape index (κ2) is 6.52. The van der Waals surface area contributed by atoms with Crippen LogP contribution in [0, 0.1) is 0 Å². The molecule has 1 aromatic carbocycles. The number of hydrogen-bond acceptors (Lipinski definition) is 6. The molecule has 2 aromatic rings. The van der Waals surface area contributed by atoms with Gasteiger partial charge in [-0.1, -0.05) is 35.1 Å². The summed E-state index contributed by atoms with van der Waals surface area (Å²) in [4.78, 5) is 15.6. The number of benzene rings is 1. The first-order chi connectivity index (χ1) is 9.92. The fourth-order valence-corrected chi connectivity index (χ4v) is 3.85. The molecule has 1 heterocycles. The van der Waals surface area contributed by atoms with Gasteiger partial charge in [0, 0.05) is 5.56 Å². The smallest absolute Gasteiger partial charge is 0.275 e. The lowest BCUT2D eigenvalue weighted by molar-refractivity contribution is 0.0981. The van der Waals surface area contributed by atoms with Gasteiger partial charge >= 0.3 is 0 Å². The van der Waals surface area contributed by atoms with E-state index in [4.69, 9.17) is 17.3 Å². The van der Waals surface area contributed by atoms with Crippen LogP contribution in [0.3, 0.4) is 0 Å². The summed E-state index contributed by atoms with van der Waals surface area (Å²) in [5.74, 6) is -0.709. The lowest BCUT2D eigenvalue weighted by Gasteiger charge is -2.05. The van der Waals surface area contributed by atoms with E-state index in [1.165, 1.54) is 0 Å². The number of sulfonamides is 1. The van der Waals surface area contributed by atoms with Crippen molar-refractivity contribution < 1.29 is 13.2 Å². The second-order valence-corrected chi connectivity index (χ2v) is 7.62. The third-order valence-corrected chi connectivity index (χ3v) is 5.50. The Bertz CT molecular complexity index is 741. The topological polar surface area (TPSA) is 102 Å². The quantitative estimate of drug-likeness (QED) is 0.853. The van der Waals surface area contributed by atoms with Gasteiger partial charge in [0.1, 0.15) is 0 Å². The fraction of sp³-hybridized carbons (Fsp3) is 0.167. The van der Waals surface area contributed by atoms with E-state index in [2.05, 4.69) is 4.98 Å². The fourth-order valence-electron chi connectivity index (χ4n) is 1.58. The number of amides is 1. The molecule has 0 aliphatic carbocycles. The van der Waals surface area contributed by atoms with Gasteiger partial charge in [-0.05, 0) is 30.7 Å². The highest BCUT2D eigenvalue weighted by Crippen LogP contribution is 2.22. The average molecular weight is 346 g/mol. The molecular formula is C12H12ClN3O3S2. The van der Waals surface area contributed by atoms with Crippen molar-refractivity contribution in [3.05, 3.63) is 46.1 Å². The summed E-state index contributed by atoms with van der Waals surface area (Å²) in [6.45, 7) is 0.506. The van der Waals surface area contributed by atoms with E-state index in [-0.39, 0.29) is 14.2 Å². The van der Waals surface area contributed by atoms with Crippen molar-refractivity contribution in [1.82, 2.24) is 9.71 Å². The Hall–Kier alpha value is -1.48. The number of hydrogen-bond donors (Lipinski definition) is 2. The van der Waals surface area contributed by atoms with Gasteiger partial charge in [0.05, 0.1) is 6.20 Å². The largest absolute Gasteiger partial charge is 0.330 e. The first-order valence-corrected chi connectivity index (χ1v) is 8.57. The molecule has 0 unspecified atom stereocenters. The Morgan fingerprint density at radius 2 is 2.00 bits per heavy atom. The van der Waals surface area contributed by atoms with Crippen molar-refractivity contribution in [2.45, 2.75) is 10.6 Å². The van der Waals surface area contributed by atoms with E-state index in [1.54, 1.807) is 24.3 Å². The summed E-state index contributed by atoms with van der Waals surface area (Å²) in [5, 5.41) is 0. The summed E-state index contributed by atoms with van der Waals surface area (Å²) >= 11 is 6.37. The van der Waals surface area contributed by atoms with Crippen LogP contribution in [0.2, 0.25) is 4.47 Å². The molecule has 0 bridgehead atoms. The minimum Gasteiger partial charge on any atom is -0.330 e. The Kier molecular flexibility index (Phi) is 4.94. The van der Waals surface area contributed by atoms with Crippen LogP contribution in [0.1, 0.15) is 15.9 Å². The van der Waals surface area contributed by atoms with E-state index in [1.807, 2.05) is 4.72 Å². The number of carbonyl (C=O) groups excluding carboxylic acids is 1. The third-order valence-electron chi connectivity index (χ3n) is 2.60. The lowest BCUT2D eigenvalue weighted by Crippen LogP contribution is -2.30. The number of halogens is 1. The molecule has 9 heteroatoms. The molecule has 0 aliphatic rings. The van der Waals surface area contributed by atoms with Gasteiger partial charge in [0.2, 0.25) is 0 Å². The molecular weight excluding hydrogens is 334 g/mol. The van der Waals surface area contributed by atoms with Crippen molar-refractivity contribution in [3.8, 4) is 0 Å². The number of nitrogens with zero attached hydrogens (tertiary/aromatic N) is 1. The Balaban J connectivity index is 2.14. The van der Waals surface area contributed by atoms with Gasteiger partial charge in [0.25, 0.3) is 15.9 Å². The van der Waals surface area contributed by atoms with Crippen LogP contribution in [0.25, 0.3) is 0 Å². The molecule has 2 rings (SSSR count). The number of thiazole rings is 1. The summed E-state index contributed by atoms with van der Waals surface area (Å²) in [6.07, 6.45) is 1.80. The van der Waals surface area contributed by atoms with Gasteiger partial charge in [0.15, 0.2) is 8.68 Å². The maximum absolute atomic E-state index is 12.0. The van der Waals surface area contributed by atoms with Crippen LogP contribution in [0.15, 0.2) is 34.7 Å². The third kappa shape index (κ3) is 4.01. The molecule has 0 aliphatic heterocycles. The summed E-state index contributed by atoms with van der Waals surface area (Å²) in [7, 11) is -3.96. The maximum Gasteiger partial charge on any atom is 0.275 e. The predicted octanol–water partition coefficient (Wildman–Crippen LogP) is 1.42. The monoisotopic (exact) mass is 345 g/mol. The number of nitrogens with two attached hydrogens (primary N) is 1. The van der Waals surface area contributed by atoms with E-state index in [0.29, 0.717) is 13.0 Å². The zero-order valence-electron chi connectivity index (χ0n) is 10.7. The Morgan fingerprint density at radius 1 is 1.33 bits per heavy atom. The summed E-state index contributed by atoms with van der Waals surface area (Å²) in [6, 6.07) is 6.57. The molecule has 1 aromatic heterocycles. The minimum absolute atomic E-state index is 0.0916. The molecule has 0 saturated carbocycles. The van der Waals surface area contributed by atoms with Crippen LogP contribution in [0.4, 0.5) is 0 Å². The van der Waals surface area contributed by atoms with Gasteiger partial charge in [-0.3, -0.25) is 4.79 Å². The number of carbonyl (C=O) groups is 1. The van der Waals surface area contributed by atoms with Crippen molar-refractivity contribution >= 4 is 38.9 Å². The highest BCUT2D eigenvalue weighted by Gasteiger charge is 2.21. The molecule has 0 spiro atoms. The molecule has 3 N–H and O–H groups in total. The summed E-state index contributed by atoms with van der Waals surface area (Å²) in [5.41, 5.74) is 6.66. The number of aromatic nitrogens is 1. The molecule has 21 heavy (non-hydrogen) atoms. The van der Waals surface area contributed by atoms with E-state index >= 15 is 0 Å². The molecule has 0 saturated heterocycles. The highest BCUT2D eigenvalue weighted by atomic mass is 35.5. The molecule has 0 fully saturated rings. The molecule has 6 nitrogen and oxygen atoms in total. The van der Waals surface area contributed by atoms with Gasteiger partial charge in [-0.2, -0.15) is 0 Å². The molecule has 0 atom stereocenters. The number of rotatable bonds is 5. The van der Waals surface area contributed by atoms with Crippen molar-refractivity contribution in [2.24, 2.45) is 5.73 Å². The zero-order chi connectivity index (χ0) is 15.5. The lowest BCUT2D eigenvalue weighted by atomic mass is 10.1. The first kappa shape index (κ1) is 15.9. The first-order valence-electron chi connectivity index (χ1n) is 5.90. The van der Waals surface area contributed by atoms with E-state index in [9.17, 15) is 13.2 Å². The van der Waals surface area contributed by atoms with Crippen LogP contribution < -0.4 is 10.5 Å². The normalized spacial score (nSPS) is 11.3. The van der Waals surface area contributed by atoms with E-state index < -0.39 is 15.9 Å². The Labute approximate surface area is 131 Å². The standard InChI is InChI=1S/C12H12ClN3O3S2/c13-12-15-7-10(20-12)21(18,19)16-11(17)9-3-1-8(2-4-9)5-6-14/h1-4,7H,5-6,14H2,(H,16,17). The van der Waals surface area contributed by atoms with E-state index in [0.717, 1.165) is 23.1 Å². The Morgan fingerprint density at radius 3 is 2.52 bits per heavy atom. The predicted molar refractivity (Wildman–Crippen MR) is 81.0 cm³/mol. The van der Waals surface area contributed by atoms with Crippen molar-refractivity contribution in [3.63, 3.8) is 0 Å². The molecule has 112 valence electrons. The second-order valence-electron chi connectivity index (χ2n) is 4.10. The van der Waals surface area contributed by atoms with Gasteiger partial charge in [-0.25, -0.2) is 18.1 Å². The van der Waals surface area contributed by atoms with Crippen LogP contribution in [-0.4, -0.2) is 25.9 Å². The van der Waals surface area contributed by atoms with Crippen molar-refractivity contribution in [2.75, 3.05) is 6.54 Å². The van der Waals surface area contributed by atoms with Gasteiger partial charge < -0.3 is 5.73 Å². The maximum atomic E-state index is 12.0. The van der Waals surface area contributed by atoms with Crippen LogP contribution >= 0.6 is 22.9 Å². The highest BCUT2D eigenvalue weighted by molar-refractivity contribution is 7.92. The zero-order valence-corrected chi connectivity index (χ0v) is 13.1. The average Bonchev–Trinajstić information content (AvgIpc) is 2.87. The summed E-state index contributed by atoms with van der Waals surface area (Å²) < 4.78 is 25.9. The van der Waals surface area contributed by atoms with Crippen molar-refractivity contribution in [1.29, 1.82) is 0 Å². The number of nitrogens with one attached hydrogen (secondary N) is 1.